The Bertz CT molecular complexity index is 933. The first-order valence-electron chi connectivity index (χ1n) is 9.92. The molecule has 3 rings (SSSR count). The van der Waals surface area contributed by atoms with Crippen LogP contribution >= 0.6 is 11.8 Å². The highest BCUT2D eigenvalue weighted by Gasteiger charge is 2.21. The Morgan fingerprint density at radius 3 is 2.57 bits per heavy atom. The zero-order chi connectivity index (χ0) is 21.3. The number of hydrogen-bond donors (Lipinski definition) is 1. The number of pyridine rings is 1. The normalized spacial score (nSPS) is 13.0. The van der Waals surface area contributed by atoms with Crippen molar-refractivity contribution in [3.63, 3.8) is 0 Å². The van der Waals surface area contributed by atoms with E-state index in [4.69, 9.17) is 4.74 Å². The maximum atomic E-state index is 12.7. The Morgan fingerprint density at radius 1 is 1.13 bits per heavy atom. The third-order valence-corrected chi connectivity index (χ3v) is 5.86. The van der Waals surface area contributed by atoms with Crippen molar-refractivity contribution in [2.24, 2.45) is 0 Å². The molecule has 8 heteroatoms. The maximum Gasteiger partial charge on any atom is 0.233 e. The third kappa shape index (κ3) is 5.67. The summed E-state index contributed by atoms with van der Waals surface area (Å²) in [6.45, 7) is 5.71. The van der Waals surface area contributed by atoms with Crippen LogP contribution in [0.1, 0.15) is 25.3 Å². The average Bonchev–Trinajstić information content (AvgIpc) is 3.19. The van der Waals surface area contributed by atoms with Crippen LogP contribution in [0.2, 0.25) is 0 Å². The summed E-state index contributed by atoms with van der Waals surface area (Å²) in [5.74, 6) is 0.966. The first-order valence-corrected chi connectivity index (χ1v) is 10.8. The van der Waals surface area contributed by atoms with Crippen LogP contribution in [0.5, 0.6) is 0 Å². The van der Waals surface area contributed by atoms with E-state index >= 15 is 0 Å². The van der Waals surface area contributed by atoms with Crippen molar-refractivity contribution in [1.29, 1.82) is 0 Å². The molecule has 0 radical (unpaired) electrons. The van der Waals surface area contributed by atoms with Gasteiger partial charge in [-0.05, 0) is 30.5 Å². The van der Waals surface area contributed by atoms with Gasteiger partial charge < -0.3 is 10.1 Å². The van der Waals surface area contributed by atoms with Crippen LogP contribution in [0, 0.1) is 0 Å². The monoisotopic (exact) mass is 425 g/mol. The summed E-state index contributed by atoms with van der Waals surface area (Å²) < 4.78 is 7.23. The molecule has 2 heterocycles. The van der Waals surface area contributed by atoms with Crippen molar-refractivity contribution >= 4 is 17.7 Å². The number of amides is 1. The van der Waals surface area contributed by atoms with Crippen molar-refractivity contribution < 1.29 is 9.53 Å². The molecule has 30 heavy (non-hydrogen) atoms. The van der Waals surface area contributed by atoms with Crippen molar-refractivity contribution in [3.05, 3.63) is 60.4 Å². The summed E-state index contributed by atoms with van der Waals surface area (Å²) in [5.41, 5.74) is 2.13. The van der Waals surface area contributed by atoms with E-state index in [9.17, 15) is 4.79 Å². The lowest BCUT2D eigenvalue weighted by molar-refractivity contribution is -0.120. The lowest BCUT2D eigenvalue weighted by Crippen LogP contribution is -2.33. The summed E-state index contributed by atoms with van der Waals surface area (Å²) in [7, 11) is 1.66. The molecule has 1 amide bonds. The molecule has 1 N–H and O–H groups in total. The van der Waals surface area contributed by atoms with Crippen molar-refractivity contribution in [2.75, 3.05) is 20.3 Å². The zero-order valence-corrected chi connectivity index (χ0v) is 18.3. The van der Waals surface area contributed by atoms with Crippen LogP contribution < -0.4 is 5.32 Å². The summed E-state index contributed by atoms with van der Waals surface area (Å²) >= 11 is 1.40. The number of nitrogens with zero attached hydrogens (tertiary/aromatic N) is 4. The van der Waals surface area contributed by atoms with E-state index in [-0.39, 0.29) is 17.1 Å². The molecule has 3 aromatic rings. The molecule has 0 aliphatic carbocycles. The number of rotatable bonds is 10. The molecule has 0 aliphatic rings. The van der Waals surface area contributed by atoms with Crippen LogP contribution in [-0.4, -0.2) is 51.2 Å². The number of methoxy groups -OCH3 is 1. The smallest absolute Gasteiger partial charge is 0.233 e. The summed E-state index contributed by atoms with van der Waals surface area (Å²) in [5, 5.41) is 12.1. The summed E-state index contributed by atoms with van der Waals surface area (Å²) in [6, 6.07) is 14.0. The van der Waals surface area contributed by atoms with Gasteiger partial charge in [0.25, 0.3) is 0 Å². The molecule has 158 valence electrons. The number of hydrogen-bond acceptors (Lipinski definition) is 6. The van der Waals surface area contributed by atoms with Gasteiger partial charge in [0.1, 0.15) is 0 Å². The topological polar surface area (TPSA) is 81.9 Å². The molecule has 0 bridgehead atoms. The fourth-order valence-electron chi connectivity index (χ4n) is 2.98. The van der Waals surface area contributed by atoms with E-state index in [1.54, 1.807) is 19.5 Å². The highest BCUT2D eigenvalue weighted by molar-refractivity contribution is 8.00. The highest BCUT2D eigenvalue weighted by atomic mass is 32.2. The number of nitrogens with one attached hydrogen (secondary N) is 1. The molecule has 2 aromatic heterocycles. The summed E-state index contributed by atoms with van der Waals surface area (Å²) in [6.07, 6.45) is 3.45. The van der Waals surface area contributed by atoms with Crippen LogP contribution in [0.25, 0.3) is 11.4 Å². The summed E-state index contributed by atoms with van der Waals surface area (Å²) in [4.78, 5) is 16.7. The molecule has 0 aliphatic heterocycles. The van der Waals surface area contributed by atoms with Gasteiger partial charge in [-0.25, -0.2) is 0 Å². The number of carbonyl (C=O) groups excluding carboxylic acids is 1. The van der Waals surface area contributed by atoms with Gasteiger partial charge in [0.05, 0.1) is 18.4 Å². The van der Waals surface area contributed by atoms with Crippen molar-refractivity contribution in [3.8, 4) is 11.4 Å². The molecule has 0 fully saturated rings. The molecule has 1 aromatic carbocycles. The lowest BCUT2D eigenvalue weighted by atomic mass is 10.0. The van der Waals surface area contributed by atoms with Crippen LogP contribution in [-0.2, 0) is 16.1 Å². The first kappa shape index (κ1) is 22.0. The zero-order valence-electron chi connectivity index (χ0n) is 17.5. The van der Waals surface area contributed by atoms with Crippen LogP contribution in [0.4, 0.5) is 0 Å². The number of aromatic nitrogens is 4. The number of benzene rings is 1. The second-order valence-electron chi connectivity index (χ2n) is 7.00. The molecule has 2 unspecified atom stereocenters. The minimum Gasteiger partial charge on any atom is -0.383 e. The SMILES string of the molecule is COCCn1c(SC(C)C(=O)NCC(C)c2ccccc2)nnc1-c1ccncc1. The van der Waals surface area contributed by atoms with E-state index in [1.165, 1.54) is 17.3 Å². The Kier molecular flexibility index (Phi) is 7.98. The molecular weight excluding hydrogens is 398 g/mol. The Morgan fingerprint density at radius 2 is 1.87 bits per heavy atom. The van der Waals surface area contributed by atoms with Gasteiger partial charge in [-0.3, -0.25) is 14.3 Å². The fourth-order valence-corrected chi connectivity index (χ4v) is 3.88. The van der Waals surface area contributed by atoms with Gasteiger partial charge in [-0.1, -0.05) is 49.0 Å². The van der Waals surface area contributed by atoms with Gasteiger partial charge in [0.2, 0.25) is 5.91 Å². The minimum absolute atomic E-state index is 0.0190. The number of ether oxygens (including phenoxy) is 1. The molecular formula is C22H27N5O2S. The van der Waals surface area contributed by atoms with Crippen molar-refractivity contribution in [1.82, 2.24) is 25.1 Å². The van der Waals surface area contributed by atoms with Gasteiger partial charge in [-0.15, -0.1) is 10.2 Å². The van der Waals surface area contributed by atoms with E-state index in [0.29, 0.717) is 24.9 Å². The highest BCUT2D eigenvalue weighted by Crippen LogP contribution is 2.26. The Balaban J connectivity index is 1.65. The molecule has 0 spiro atoms. The van der Waals surface area contributed by atoms with E-state index in [1.807, 2.05) is 41.8 Å². The second-order valence-corrected chi connectivity index (χ2v) is 8.31. The van der Waals surface area contributed by atoms with Gasteiger partial charge >= 0.3 is 0 Å². The van der Waals surface area contributed by atoms with Crippen molar-refractivity contribution in [2.45, 2.75) is 36.7 Å². The number of thioether (sulfide) groups is 1. The number of carbonyl (C=O) groups is 1. The minimum atomic E-state index is -0.302. The van der Waals surface area contributed by atoms with Gasteiger partial charge in [-0.2, -0.15) is 0 Å². The van der Waals surface area contributed by atoms with Crippen LogP contribution in [0.3, 0.4) is 0 Å². The largest absolute Gasteiger partial charge is 0.383 e. The molecule has 7 nitrogen and oxygen atoms in total. The first-order chi connectivity index (χ1) is 14.6. The molecule has 0 saturated heterocycles. The van der Waals surface area contributed by atoms with Crippen LogP contribution in [0.15, 0.2) is 60.0 Å². The standard InChI is InChI=1S/C22H27N5O2S/c1-16(18-7-5-4-6-8-18)15-24-21(28)17(2)30-22-26-25-20(27(22)13-14-29-3)19-9-11-23-12-10-19/h4-12,16-17H,13-15H2,1-3H3,(H,24,28). The molecule has 2 atom stereocenters. The molecule has 0 saturated carbocycles. The average molecular weight is 426 g/mol. The Hall–Kier alpha value is -2.71. The van der Waals surface area contributed by atoms with E-state index < -0.39 is 0 Å². The quantitative estimate of drug-likeness (QED) is 0.502. The third-order valence-electron chi connectivity index (χ3n) is 4.78. The Labute approximate surface area is 181 Å². The fraction of sp³-hybridized carbons (Fsp3) is 0.364. The maximum absolute atomic E-state index is 12.7. The van der Waals surface area contributed by atoms with E-state index in [2.05, 4.69) is 39.6 Å². The predicted molar refractivity (Wildman–Crippen MR) is 118 cm³/mol. The predicted octanol–water partition coefficient (Wildman–Crippen LogP) is 3.39. The van der Waals surface area contributed by atoms with Gasteiger partial charge in [0.15, 0.2) is 11.0 Å². The lowest BCUT2D eigenvalue weighted by Gasteiger charge is -2.16. The van der Waals surface area contributed by atoms with E-state index in [0.717, 1.165) is 11.4 Å². The second kappa shape index (κ2) is 10.9. The van der Waals surface area contributed by atoms with Gasteiger partial charge in [0, 0.05) is 31.6 Å².